The fourth-order valence-electron chi connectivity index (χ4n) is 4.41. The second kappa shape index (κ2) is 13.4. The van der Waals surface area contributed by atoms with Crippen molar-refractivity contribution < 1.29 is 18.0 Å². The molecule has 0 bridgehead atoms. The lowest BCUT2D eigenvalue weighted by Crippen LogP contribution is -2.53. The van der Waals surface area contributed by atoms with Crippen molar-refractivity contribution in [1.29, 1.82) is 0 Å². The summed E-state index contributed by atoms with van der Waals surface area (Å²) < 4.78 is 28.9. The third-order valence-electron chi connectivity index (χ3n) is 6.98. The number of hydrogen-bond donors (Lipinski definition) is 1. The molecule has 2 atom stereocenters. The van der Waals surface area contributed by atoms with Crippen LogP contribution in [0.15, 0.2) is 83.8 Å². The van der Waals surface area contributed by atoms with Gasteiger partial charge in [-0.2, -0.15) is 0 Å². The Morgan fingerprint density at radius 1 is 0.821 bits per heavy atom. The van der Waals surface area contributed by atoms with Crippen LogP contribution in [-0.4, -0.2) is 43.8 Å². The first kappa shape index (κ1) is 29.9. The van der Waals surface area contributed by atoms with E-state index in [2.05, 4.69) is 5.32 Å². The minimum absolute atomic E-state index is 0.0520. The molecule has 0 aliphatic carbocycles. The quantitative estimate of drug-likeness (QED) is 0.336. The maximum atomic E-state index is 14.1. The zero-order valence-electron chi connectivity index (χ0n) is 23.4. The largest absolute Gasteiger partial charge is 0.352 e. The molecular weight excluding hydrogens is 510 g/mol. The van der Waals surface area contributed by atoms with Gasteiger partial charge in [0, 0.05) is 12.6 Å². The lowest BCUT2D eigenvalue weighted by Gasteiger charge is -2.34. The van der Waals surface area contributed by atoms with Gasteiger partial charge in [0.1, 0.15) is 12.6 Å². The van der Waals surface area contributed by atoms with Crippen LogP contribution in [0.25, 0.3) is 0 Å². The third-order valence-corrected chi connectivity index (χ3v) is 8.76. The number of hydrogen-bond acceptors (Lipinski definition) is 4. The van der Waals surface area contributed by atoms with Gasteiger partial charge in [-0.1, -0.05) is 74.5 Å². The number of amides is 2. The van der Waals surface area contributed by atoms with Crippen LogP contribution in [0.3, 0.4) is 0 Å². The monoisotopic (exact) mass is 549 g/mol. The maximum absolute atomic E-state index is 14.1. The van der Waals surface area contributed by atoms with Crippen molar-refractivity contribution in [2.75, 3.05) is 10.8 Å². The molecule has 208 valence electrons. The van der Waals surface area contributed by atoms with Gasteiger partial charge in [0.2, 0.25) is 11.8 Å². The van der Waals surface area contributed by atoms with Gasteiger partial charge in [-0.15, -0.1) is 0 Å². The zero-order chi connectivity index (χ0) is 28.6. The Labute approximate surface area is 232 Å². The SMILES string of the molecule is CCC(C)NC(=O)C(CC)N(Cc1ccccc1C)C(=O)CN(c1ccccc1C)S(=O)(=O)c1ccccc1. The number of para-hydroxylation sites is 1. The maximum Gasteiger partial charge on any atom is 0.264 e. The Bertz CT molecular complexity index is 1380. The number of benzene rings is 3. The Kier molecular flexibility index (Phi) is 10.3. The summed E-state index contributed by atoms with van der Waals surface area (Å²) in [5.41, 5.74) is 3.02. The fourth-order valence-corrected chi connectivity index (χ4v) is 5.91. The van der Waals surface area contributed by atoms with Gasteiger partial charge >= 0.3 is 0 Å². The highest BCUT2D eigenvalue weighted by Crippen LogP contribution is 2.27. The van der Waals surface area contributed by atoms with Gasteiger partial charge in [0.15, 0.2) is 0 Å². The molecule has 1 N–H and O–H groups in total. The number of nitrogens with zero attached hydrogens (tertiary/aromatic N) is 2. The molecule has 3 aromatic rings. The second-order valence-corrected chi connectivity index (χ2v) is 11.7. The van der Waals surface area contributed by atoms with Gasteiger partial charge in [-0.25, -0.2) is 8.42 Å². The normalized spacial score (nSPS) is 12.8. The van der Waals surface area contributed by atoms with Crippen molar-refractivity contribution >= 4 is 27.5 Å². The smallest absolute Gasteiger partial charge is 0.264 e. The van der Waals surface area contributed by atoms with Gasteiger partial charge in [-0.05, 0) is 68.5 Å². The number of aryl methyl sites for hydroxylation is 2. The van der Waals surface area contributed by atoms with Gasteiger partial charge < -0.3 is 10.2 Å². The summed E-state index contributed by atoms with van der Waals surface area (Å²) in [5.74, 6) is -0.700. The van der Waals surface area contributed by atoms with E-state index in [4.69, 9.17) is 0 Å². The number of sulfonamides is 1. The number of anilines is 1. The van der Waals surface area contributed by atoms with E-state index in [1.54, 1.807) is 30.3 Å². The topological polar surface area (TPSA) is 86.8 Å². The molecule has 0 radical (unpaired) electrons. The minimum Gasteiger partial charge on any atom is -0.352 e. The first-order valence-electron chi connectivity index (χ1n) is 13.4. The molecule has 0 saturated heterocycles. The molecule has 0 aromatic heterocycles. The van der Waals surface area contributed by atoms with Crippen LogP contribution in [0.4, 0.5) is 5.69 Å². The van der Waals surface area contributed by atoms with E-state index in [0.717, 1.165) is 27.4 Å². The predicted molar refractivity (Wildman–Crippen MR) is 156 cm³/mol. The van der Waals surface area contributed by atoms with Crippen LogP contribution in [0, 0.1) is 13.8 Å². The van der Waals surface area contributed by atoms with Crippen molar-refractivity contribution in [3.8, 4) is 0 Å². The lowest BCUT2D eigenvalue weighted by atomic mass is 10.1. The van der Waals surface area contributed by atoms with Crippen molar-refractivity contribution in [2.24, 2.45) is 0 Å². The molecular formula is C31H39N3O4S. The van der Waals surface area contributed by atoms with Crippen LogP contribution in [0.2, 0.25) is 0 Å². The average molecular weight is 550 g/mol. The molecule has 0 fully saturated rings. The van der Waals surface area contributed by atoms with Gasteiger partial charge in [0.05, 0.1) is 10.6 Å². The van der Waals surface area contributed by atoms with E-state index >= 15 is 0 Å². The molecule has 8 heteroatoms. The molecule has 0 heterocycles. The molecule has 0 aliphatic heterocycles. The highest BCUT2D eigenvalue weighted by Gasteiger charge is 2.34. The average Bonchev–Trinajstić information content (AvgIpc) is 2.93. The van der Waals surface area contributed by atoms with Crippen LogP contribution in [0.1, 0.15) is 50.3 Å². The summed E-state index contributed by atoms with van der Waals surface area (Å²) in [7, 11) is -4.08. The summed E-state index contributed by atoms with van der Waals surface area (Å²) in [6, 6.07) is 22.1. The summed E-state index contributed by atoms with van der Waals surface area (Å²) in [6.07, 6.45) is 1.14. The molecule has 2 amide bonds. The summed E-state index contributed by atoms with van der Waals surface area (Å²) in [4.78, 5) is 29.1. The minimum atomic E-state index is -4.08. The van der Waals surface area contributed by atoms with E-state index in [1.165, 1.54) is 17.0 Å². The number of carbonyl (C=O) groups excluding carboxylic acids is 2. The van der Waals surface area contributed by atoms with Crippen molar-refractivity contribution in [2.45, 2.75) is 71.0 Å². The number of nitrogens with one attached hydrogen (secondary N) is 1. The standard InChI is InChI=1S/C31H39N3O4S/c1-6-25(5)32-31(36)28(7-2)33(21-26-17-13-11-15-23(26)3)30(35)22-34(29-20-14-12-16-24(29)4)39(37,38)27-18-9-8-10-19-27/h8-20,25,28H,6-7,21-22H2,1-5H3,(H,32,36). The van der Waals surface area contributed by atoms with Crippen molar-refractivity contribution in [1.82, 2.24) is 10.2 Å². The molecule has 3 aromatic carbocycles. The van der Waals surface area contributed by atoms with E-state index < -0.39 is 28.5 Å². The molecule has 3 rings (SSSR count). The van der Waals surface area contributed by atoms with E-state index in [9.17, 15) is 18.0 Å². The third kappa shape index (κ3) is 7.26. The van der Waals surface area contributed by atoms with E-state index in [-0.39, 0.29) is 23.4 Å². The molecule has 39 heavy (non-hydrogen) atoms. The molecule has 0 saturated carbocycles. The van der Waals surface area contributed by atoms with E-state index in [1.807, 2.05) is 71.0 Å². The van der Waals surface area contributed by atoms with Crippen molar-refractivity contribution in [3.05, 3.63) is 95.6 Å². The summed E-state index contributed by atoms with van der Waals surface area (Å²) in [5, 5.41) is 3.00. The van der Waals surface area contributed by atoms with Crippen LogP contribution in [0.5, 0.6) is 0 Å². The molecule has 0 aliphatic rings. The Morgan fingerprint density at radius 3 is 2.00 bits per heavy atom. The lowest BCUT2D eigenvalue weighted by molar-refractivity contribution is -0.140. The van der Waals surface area contributed by atoms with Crippen molar-refractivity contribution in [3.63, 3.8) is 0 Å². The first-order valence-corrected chi connectivity index (χ1v) is 14.8. The zero-order valence-corrected chi connectivity index (χ0v) is 24.2. The van der Waals surface area contributed by atoms with Crippen LogP contribution < -0.4 is 9.62 Å². The van der Waals surface area contributed by atoms with Gasteiger partial charge in [-0.3, -0.25) is 13.9 Å². The van der Waals surface area contributed by atoms with Crippen LogP contribution >= 0.6 is 0 Å². The molecule has 7 nitrogen and oxygen atoms in total. The second-order valence-electron chi connectivity index (χ2n) is 9.80. The first-order chi connectivity index (χ1) is 18.6. The Hall–Kier alpha value is -3.65. The molecule has 0 spiro atoms. The summed E-state index contributed by atoms with van der Waals surface area (Å²) in [6.45, 7) is 9.27. The van der Waals surface area contributed by atoms with E-state index in [0.29, 0.717) is 12.1 Å². The highest BCUT2D eigenvalue weighted by atomic mass is 32.2. The Balaban J connectivity index is 2.07. The fraction of sp³-hybridized carbons (Fsp3) is 0.355. The molecule has 2 unspecified atom stereocenters. The van der Waals surface area contributed by atoms with Gasteiger partial charge in [0.25, 0.3) is 10.0 Å². The number of carbonyl (C=O) groups is 2. The predicted octanol–water partition coefficient (Wildman–Crippen LogP) is 5.22. The number of rotatable bonds is 12. The Morgan fingerprint density at radius 2 is 1.41 bits per heavy atom. The summed E-state index contributed by atoms with van der Waals surface area (Å²) >= 11 is 0. The highest BCUT2D eigenvalue weighted by molar-refractivity contribution is 7.92. The van der Waals surface area contributed by atoms with Crippen LogP contribution in [-0.2, 0) is 26.2 Å².